The first-order valence-electron chi connectivity index (χ1n) is 6.04. The Kier molecular flexibility index (Phi) is 2.89. The maximum Gasteiger partial charge on any atom is 0.326 e. The molecule has 2 heterocycles. The van der Waals surface area contributed by atoms with Gasteiger partial charge in [-0.25, -0.2) is 9.80 Å². The quantitative estimate of drug-likeness (QED) is 0.769. The first kappa shape index (κ1) is 11.8. The summed E-state index contributed by atoms with van der Waals surface area (Å²) in [5, 5.41) is 2.43. The number of fused-ring (bicyclic) bond motifs is 1. The Morgan fingerprint density at radius 1 is 1.33 bits per heavy atom. The highest BCUT2D eigenvalue weighted by Gasteiger charge is 2.22. The summed E-state index contributed by atoms with van der Waals surface area (Å²) in [6.07, 6.45) is 1.79. The molecule has 6 heteroatoms. The predicted octanol–water partition coefficient (Wildman–Crippen LogP) is 1.49. The number of rotatable bonds is 1. The first-order chi connectivity index (χ1) is 8.65. The molecule has 96 valence electrons. The molecular formula is C12H15ClN4O. The molecular weight excluding hydrogens is 252 g/mol. The lowest BCUT2D eigenvalue weighted by atomic mass is 10.1. The number of aromatic amines is 1. The van der Waals surface area contributed by atoms with Gasteiger partial charge in [0, 0.05) is 24.2 Å². The van der Waals surface area contributed by atoms with E-state index in [1.165, 1.54) is 0 Å². The second kappa shape index (κ2) is 4.42. The SMILES string of the molecule is NN1CCC(n2c(=O)[nH]c3cc(Cl)ccc32)CC1. The molecule has 0 amide bonds. The zero-order valence-electron chi connectivity index (χ0n) is 9.90. The number of nitrogens with two attached hydrogens (primary N) is 1. The third-order valence-electron chi connectivity index (χ3n) is 3.54. The van der Waals surface area contributed by atoms with Crippen LogP contribution in [-0.2, 0) is 0 Å². The van der Waals surface area contributed by atoms with E-state index >= 15 is 0 Å². The largest absolute Gasteiger partial charge is 0.326 e. The summed E-state index contributed by atoms with van der Waals surface area (Å²) in [5.74, 6) is 5.74. The van der Waals surface area contributed by atoms with Crippen molar-refractivity contribution < 1.29 is 0 Å². The summed E-state index contributed by atoms with van der Waals surface area (Å²) in [4.78, 5) is 14.9. The smallest absolute Gasteiger partial charge is 0.305 e. The molecule has 1 aromatic carbocycles. The van der Waals surface area contributed by atoms with Gasteiger partial charge in [0.15, 0.2) is 0 Å². The van der Waals surface area contributed by atoms with E-state index in [9.17, 15) is 4.79 Å². The van der Waals surface area contributed by atoms with Crippen molar-refractivity contribution in [3.8, 4) is 0 Å². The van der Waals surface area contributed by atoms with Gasteiger partial charge >= 0.3 is 5.69 Å². The topological polar surface area (TPSA) is 67.0 Å². The summed E-state index contributed by atoms with van der Waals surface area (Å²) in [7, 11) is 0. The normalized spacial score (nSPS) is 18.6. The van der Waals surface area contributed by atoms with E-state index in [1.54, 1.807) is 11.1 Å². The zero-order valence-corrected chi connectivity index (χ0v) is 10.7. The third-order valence-corrected chi connectivity index (χ3v) is 3.78. The Labute approximate surface area is 109 Å². The monoisotopic (exact) mass is 266 g/mol. The van der Waals surface area contributed by atoms with E-state index in [1.807, 2.05) is 16.7 Å². The maximum absolute atomic E-state index is 12.1. The molecule has 1 aliphatic heterocycles. The van der Waals surface area contributed by atoms with Gasteiger partial charge in [-0.15, -0.1) is 0 Å². The van der Waals surface area contributed by atoms with Crippen molar-refractivity contribution in [1.29, 1.82) is 0 Å². The Bertz CT molecular complexity index is 625. The number of hydrazine groups is 1. The van der Waals surface area contributed by atoms with Gasteiger partial charge < -0.3 is 4.98 Å². The molecule has 3 rings (SSSR count). The summed E-state index contributed by atoms with van der Waals surface area (Å²) < 4.78 is 1.83. The number of hydrogen-bond acceptors (Lipinski definition) is 3. The average molecular weight is 267 g/mol. The van der Waals surface area contributed by atoms with Gasteiger partial charge in [0.1, 0.15) is 0 Å². The van der Waals surface area contributed by atoms with Gasteiger partial charge in [-0.1, -0.05) is 11.6 Å². The van der Waals surface area contributed by atoms with Crippen molar-refractivity contribution in [2.75, 3.05) is 13.1 Å². The number of hydrogen-bond donors (Lipinski definition) is 2. The van der Waals surface area contributed by atoms with Crippen molar-refractivity contribution in [2.24, 2.45) is 5.84 Å². The molecule has 0 unspecified atom stereocenters. The molecule has 1 fully saturated rings. The van der Waals surface area contributed by atoms with Crippen LogP contribution in [0.25, 0.3) is 11.0 Å². The van der Waals surface area contributed by atoms with Crippen LogP contribution < -0.4 is 11.5 Å². The van der Waals surface area contributed by atoms with E-state index in [4.69, 9.17) is 17.4 Å². The van der Waals surface area contributed by atoms with E-state index < -0.39 is 0 Å². The van der Waals surface area contributed by atoms with Crippen LogP contribution in [0.2, 0.25) is 5.02 Å². The number of nitrogens with zero attached hydrogens (tertiary/aromatic N) is 2. The molecule has 1 aromatic heterocycles. The number of imidazole rings is 1. The second-order valence-corrected chi connectivity index (χ2v) is 5.17. The van der Waals surface area contributed by atoms with Crippen molar-refractivity contribution in [3.05, 3.63) is 33.7 Å². The molecule has 0 aliphatic carbocycles. The van der Waals surface area contributed by atoms with Gasteiger partial charge in [0.25, 0.3) is 0 Å². The van der Waals surface area contributed by atoms with Crippen LogP contribution in [-0.4, -0.2) is 27.6 Å². The highest BCUT2D eigenvalue weighted by Crippen LogP contribution is 2.25. The van der Waals surface area contributed by atoms with Gasteiger partial charge in [0.05, 0.1) is 11.0 Å². The standard InChI is InChI=1S/C12H15ClN4O/c13-8-1-2-11-10(7-8)15-12(18)17(11)9-3-5-16(14)6-4-9/h1-2,7,9H,3-6,14H2,(H,15,18). The fourth-order valence-corrected chi connectivity index (χ4v) is 2.78. The predicted molar refractivity (Wildman–Crippen MR) is 71.6 cm³/mol. The van der Waals surface area contributed by atoms with Crippen molar-refractivity contribution >= 4 is 22.6 Å². The summed E-state index contributed by atoms with van der Waals surface area (Å²) in [5.41, 5.74) is 1.64. The molecule has 1 aliphatic rings. The number of aromatic nitrogens is 2. The highest BCUT2D eigenvalue weighted by molar-refractivity contribution is 6.31. The molecule has 18 heavy (non-hydrogen) atoms. The molecule has 0 radical (unpaired) electrons. The summed E-state index contributed by atoms with van der Waals surface area (Å²) >= 11 is 5.93. The zero-order chi connectivity index (χ0) is 12.7. The van der Waals surface area contributed by atoms with E-state index in [0.717, 1.165) is 37.0 Å². The highest BCUT2D eigenvalue weighted by atomic mass is 35.5. The van der Waals surface area contributed by atoms with Crippen LogP contribution >= 0.6 is 11.6 Å². The average Bonchev–Trinajstić information content (AvgIpc) is 2.65. The van der Waals surface area contributed by atoms with Gasteiger partial charge in [-0.2, -0.15) is 0 Å². The molecule has 5 nitrogen and oxygen atoms in total. The van der Waals surface area contributed by atoms with E-state index in [-0.39, 0.29) is 11.7 Å². The minimum absolute atomic E-state index is 0.0669. The van der Waals surface area contributed by atoms with E-state index in [0.29, 0.717) is 5.02 Å². The van der Waals surface area contributed by atoms with Crippen molar-refractivity contribution in [2.45, 2.75) is 18.9 Å². The molecule has 0 atom stereocenters. The minimum Gasteiger partial charge on any atom is -0.305 e. The maximum atomic E-state index is 12.1. The molecule has 0 bridgehead atoms. The second-order valence-electron chi connectivity index (χ2n) is 4.73. The fraction of sp³-hybridized carbons (Fsp3) is 0.417. The number of H-pyrrole nitrogens is 1. The van der Waals surface area contributed by atoms with Crippen LogP contribution in [0.1, 0.15) is 18.9 Å². The third kappa shape index (κ3) is 1.94. The van der Waals surface area contributed by atoms with Gasteiger partial charge in [-0.05, 0) is 31.0 Å². The fourth-order valence-electron chi connectivity index (χ4n) is 2.61. The Balaban J connectivity index is 2.06. The lowest BCUT2D eigenvalue weighted by Gasteiger charge is -2.29. The molecule has 3 N–H and O–H groups in total. The first-order valence-corrected chi connectivity index (χ1v) is 6.42. The molecule has 0 spiro atoms. The lowest BCUT2D eigenvalue weighted by Crippen LogP contribution is -2.40. The van der Waals surface area contributed by atoms with Crippen molar-refractivity contribution in [1.82, 2.24) is 14.6 Å². The number of halogens is 1. The summed E-state index contributed by atoms with van der Waals surface area (Å²) in [6, 6.07) is 5.70. The molecule has 1 saturated heterocycles. The number of nitrogens with one attached hydrogen (secondary N) is 1. The van der Waals surface area contributed by atoms with Crippen LogP contribution in [0.5, 0.6) is 0 Å². The van der Waals surface area contributed by atoms with E-state index in [2.05, 4.69) is 4.98 Å². The van der Waals surface area contributed by atoms with Crippen LogP contribution in [0.15, 0.2) is 23.0 Å². The van der Waals surface area contributed by atoms with Crippen LogP contribution in [0, 0.1) is 0 Å². The Morgan fingerprint density at radius 2 is 2.06 bits per heavy atom. The minimum atomic E-state index is -0.0669. The Hall–Kier alpha value is -1.30. The van der Waals surface area contributed by atoms with Crippen LogP contribution in [0.3, 0.4) is 0 Å². The molecule has 2 aromatic rings. The Morgan fingerprint density at radius 3 is 2.78 bits per heavy atom. The molecule has 0 saturated carbocycles. The number of benzene rings is 1. The lowest BCUT2D eigenvalue weighted by molar-refractivity contribution is 0.190. The summed E-state index contributed by atoms with van der Waals surface area (Å²) in [6.45, 7) is 1.63. The van der Waals surface area contributed by atoms with Gasteiger partial charge in [0.2, 0.25) is 0 Å². The van der Waals surface area contributed by atoms with Crippen molar-refractivity contribution in [3.63, 3.8) is 0 Å². The van der Waals surface area contributed by atoms with Gasteiger partial charge in [-0.3, -0.25) is 10.4 Å². The number of piperidine rings is 1. The van der Waals surface area contributed by atoms with Crippen LogP contribution in [0.4, 0.5) is 0 Å².